The predicted octanol–water partition coefficient (Wildman–Crippen LogP) is 8.65. The lowest BCUT2D eigenvalue weighted by molar-refractivity contribution is -0.381. The maximum atomic E-state index is 7.26. The van der Waals surface area contributed by atoms with E-state index in [-0.39, 0.29) is 12.0 Å². The lowest BCUT2D eigenvalue weighted by Crippen LogP contribution is -2.65. The summed E-state index contributed by atoms with van der Waals surface area (Å²) in [7, 11) is 0. The van der Waals surface area contributed by atoms with Gasteiger partial charge in [-0.1, -0.05) is 158 Å². The van der Waals surface area contributed by atoms with Gasteiger partial charge in [0.25, 0.3) is 0 Å². The van der Waals surface area contributed by atoms with Crippen LogP contribution < -0.4 is 0 Å². The Hall–Kier alpha value is -3.91. The quantitative estimate of drug-likeness (QED) is 0.123. The van der Waals surface area contributed by atoms with Crippen molar-refractivity contribution < 1.29 is 42.6 Å². The van der Waals surface area contributed by atoms with E-state index in [0.717, 1.165) is 27.1 Å². The third-order valence-corrected chi connectivity index (χ3v) is 12.1. The number of hydrogen-bond acceptors (Lipinski definition) is 10. The van der Waals surface area contributed by atoms with Crippen molar-refractivity contribution in [2.45, 2.75) is 92.1 Å². The van der Waals surface area contributed by atoms with Crippen molar-refractivity contribution in [2.75, 3.05) is 13.2 Å². The Morgan fingerprint density at radius 1 is 0.509 bits per heavy atom. The van der Waals surface area contributed by atoms with Crippen molar-refractivity contribution in [1.29, 1.82) is 0 Å². The van der Waals surface area contributed by atoms with Crippen LogP contribution in [0.25, 0.3) is 0 Å². The third kappa shape index (κ3) is 9.06. The summed E-state index contributed by atoms with van der Waals surface area (Å²) in [5.74, 6) is -0.257. The highest BCUT2D eigenvalue weighted by Gasteiger charge is 2.55. The Balaban J connectivity index is 1.03. The summed E-state index contributed by atoms with van der Waals surface area (Å²) < 4.78 is 60.9. The second-order valence-electron chi connectivity index (χ2n) is 14.9. The molecule has 4 aliphatic heterocycles. The van der Waals surface area contributed by atoms with Gasteiger partial charge < -0.3 is 42.6 Å². The summed E-state index contributed by atoms with van der Waals surface area (Å²) in [5.41, 5.74) is 3.50. The molecule has 0 amide bonds. The lowest BCUT2D eigenvalue weighted by atomic mass is 9.90. The van der Waals surface area contributed by atoms with Crippen molar-refractivity contribution in [3.8, 4) is 0 Å². The Morgan fingerprint density at radius 3 is 1.51 bits per heavy atom. The van der Waals surface area contributed by atoms with Gasteiger partial charge in [-0.3, -0.25) is 0 Å². The molecular weight excluding hydrogens is 741 g/mol. The Kier molecular flexibility index (Phi) is 12.4. The molecule has 4 saturated heterocycles. The third-order valence-electron chi connectivity index (χ3n) is 10.9. The van der Waals surface area contributed by atoms with E-state index < -0.39 is 60.9 Å². The number of ether oxygens (including phenoxy) is 9. The van der Waals surface area contributed by atoms with E-state index in [2.05, 4.69) is 43.3 Å². The van der Waals surface area contributed by atoms with Crippen molar-refractivity contribution in [1.82, 2.24) is 0 Å². The summed E-state index contributed by atoms with van der Waals surface area (Å²) in [4.78, 5) is 1.04. The van der Waals surface area contributed by atoms with Crippen molar-refractivity contribution in [3.63, 3.8) is 0 Å². The largest absolute Gasteiger partial charge is 0.370 e. The first-order chi connectivity index (χ1) is 28.2. The Labute approximate surface area is 338 Å². The molecule has 0 saturated carbocycles. The van der Waals surface area contributed by atoms with Crippen LogP contribution >= 0.6 is 11.8 Å². The first-order valence-electron chi connectivity index (χ1n) is 19.8. The minimum Gasteiger partial charge on any atom is -0.370 e. The Morgan fingerprint density at radius 2 is 0.965 bits per heavy atom. The first kappa shape index (κ1) is 38.6. The molecule has 5 aromatic rings. The zero-order valence-electron chi connectivity index (χ0n) is 31.8. The fourth-order valence-electron chi connectivity index (χ4n) is 7.97. The SMILES string of the molecule is CC1[C@H](OC2[C@@H](Sc3ccccc3)OC3COC(c4ccccc4)O[C@H]3[C@H]2OCc2ccccc2)OC2COC(c3ccccc3)O[C@H]2[C@H]1OCc1ccccc1. The van der Waals surface area contributed by atoms with Gasteiger partial charge in [0.05, 0.1) is 32.5 Å². The molecule has 10 heteroatoms. The molecule has 4 aliphatic rings. The summed E-state index contributed by atoms with van der Waals surface area (Å²) in [6.07, 6.45) is -5.18. The second kappa shape index (κ2) is 18.3. The van der Waals surface area contributed by atoms with Gasteiger partial charge in [-0.2, -0.15) is 0 Å². The maximum Gasteiger partial charge on any atom is 0.184 e. The van der Waals surface area contributed by atoms with Crippen LogP contribution in [0.2, 0.25) is 0 Å². The molecule has 0 aliphatic carbocycles. The van der Waals surface area contributed by atoms with Crippen molar-refractivity contribution in [3.05, 3.63) is 174 Å². The molecule has 0 bridgehead atoms. The van der Waals surface area contributed by atoms with Crippen LogP contribution in [0.1, 0.15) is 41.8 Å². The topological polar surface area (TPSA) is 83.1 Å². The average Bonchev–Trinajstić information content (AvgIpc) is 3.27. The standard InChI is InChI=1S/C47H48O9S/c1-31-39(48-27-32-17-7-2-8-18-32)40-37(29-50-45(54-40)34-21-11-4-12-22-34)52-44(31)56-43-42(49-28-33-19-9-3-10-20-33)41-38(53-47(43)57-36-25-15-6-16-26-36)30-51-46(55-41)35-23-13-5-14-24-35/h2-26,31,37-47H,27-30H2,1H3/t31?,37?,38?,39-,40+,41+,42+,43?,44-,45?,46?,47+/m0/s1. The van der Waals surface area contributed by atoms with E-state index in [0.29, 0.717) is 26.4 Å². The summed E-state index contributed by atoms with van der Waals surface area (Å²) >= 11 is 1.60. The molecule has 12 atom stereocenters. The second-order valence-corrected chi connectivity index (χ2v) is 16.0. The van der Waals surface area contributed by atoms with E-state index in [1.807, 2.05) is 115 Å². The highest BCUT2D eigenvalue weighted by Crippen LogP contribution is 2.44. The van der Waals surface area contributed by atoms with E-state index in [9.17, 15) is 0 Å². The van der Waals surface area contributed by atoms with E-state index in [4.69, 9.17) is 42.6 Å². The van der Waals surface area contributed by atoms with Crippen LogP contribution in [-0.4, -0.2) is 67.7 Å². The van der Waals surface area contributed by atoms with E-state index in [1.165, 1.54) is 0 Å². The fourth-order valence-corrected chi connectivity index (χ4v) is 9.10. The van der Waals surface area contributed by atoms with Crippen LogP contribution in [-0.2, 0) is 55.8 Å². The van der Waals surface area contributed by atoms with Crippen LogP contribution in [0.4, 0.5) is 0 Å². The van der Waals surface area contributed by atoms with Gasteiger partial charge in [-0.15, -0.1) is 0 Å². The molecule has 0 spiro atoms. The molecule has 0 N–H and O–H groups in total. The molecule has 6 unspecified atom stereocenters. The highest BCUT2D eigenvalue weighted by atomic mass is 32.2. The van der Waals surface area contributed by atoms with Gasteiger partial charge in [-0.05, 0) is 23.3 Å². The maximum absolute atomic E-state index is 7.26. The molecule has 0 radical (unpaired) electrons. The van der Waals surface area contributed by atoms with Gasteiger partial charge >= 0.3 is 0 Å². The van der Waals surface area contributed by atoms with E-state index in [1.54, 1.807) is 11.8 Å². The monoisotopic (exact) mass is 788 g/mol. The number of hydrogen-bond donors (Lipinski definition) is 0. The van der Waals surface area contributed by atoms with Gasteiger partial charge in [-0.25, -0.2) is 0 Å². The molecule has 9 nitrogen and oxygen atoms in total. The summed E-state index contributed by atoms with van der Waals surface area (Å²) in [5, 5.41) is 0. The minimum atomic E-state index is -0.718. The van der Waals surface area contributed by atoms with Crippen LogP contribution in [0.3, 0.4) is 0 Å². The van der Waals surface area contributed by atoms with Crippen molar-refractivity contribution in [2.24, 2.45) is 5.92 Å². The molecule has 57 heavy (non-hydrogen) atoms. The summed E-state index contributed by atoms with van der Waals surface area (Å²) in [6, 6.07) is 50.5. The number of fused-ring (bicyclic) bond motifs is 2. The van der Waals surface area contributed by atoms with Crippen molar-refractivity contribution >= 4 is 11.8 Å². The fraction of sp³-hybridized carbons (Fsp3) is 0.362. The predicted molar refractivity (Wildman–Crippen MR) is 214 cm³/mol. The minimum absolute atomic E-state index is 0.257. The van der Waals surface area contributed by atoms with Crippen LogP contribution in [0, 0.1) is 5.92 Å². The number of rotatable bonds is 12. The smallest absolute Gasteiger partial charge is 0.184 e. The number of benzene rings is 5. The molecule has 9 rings (SSSR count). The van der Waals surface area contributed by atoms with Gasteiger partial charge in [0.1, 0.15) is 42.1 Å². The van der Waals surface area contributed by atoms with Gasteiger partial charge in [0, 0.05) is 21.9 Å². The summed E-state index contributed by atoms with van der Waals surface area (Å²) in [6.45, 7) is 3.51. The molecule has 4 fully saturated rings. The normalized spacial score (nSPS) is 32.5. The average molecular weight is 789 g/mol. The molecule has 296 valence electrons. The van der Waals surface area contributed by atoms with Crippen LogP contribution in [0.5, 0.6) is 0 Å². The highest BCUT2D eigenvalue weighted by molar-refractivity contribution is 7.99. The molecule has 0 aromatic heterocycles. The lowest BCUT2D eigenvalue weighted by Gasteiger charge is -2.52. The zero-order valence-corrected chi connectivity index (χ0v) is 32.6. The molecule has 4 heterocycles. The molecule has 5 aromatic carbocycles. The van der Waals surface area contributed by atoms with E-state index >= 15 is 0 Å². The first-order valence-corrected chi connectivity index (χ1v) is 20.7. The van der Waals surface area contributed by atoms with Gasteiger partial charge in [0.2, 0.25) is 0 Å². The van der Waals surface area contributed by atoms with Crippen LogP contribution in [0.15, 0.2) is 157 Å². The van der Waals surface area contributed by atoms with Gasteiger partial charge in [0.15, 0.2) is 18.9 Å². The zero-order chi connectivity index (χ0) is 38.4. The Bertz CT molecular complexity index is 1960. The number of thioether (sulfide) groups is 1. The molecular formula is C47H48O9S.